The molecule has 1 aromatic carbocycles. The van der Waals surface area contributed by atoms with Crippen LogP contribution < -0.4 is 0 Å². The summed E-state index contributed by atoms with van der Waals surface area (Å²) in [7, 11) is 0. The molecule has 0 heterocycles. The highest BCUT2D eigenvalue weighted by atomic mass is 19.4. The lowest BCUT2D eigenvalue weighted by Gasteiger charge is -2.13. The minimum atomic E-state index is -4.86. The van der Waals surface area contributed by atoms with Crippen molar-refractivity contribution in [3.8, 4) is 0 Å². The molecule has 0 spiro atoms. The van der Waals surface area contributed by atoms with Crippen LogP contribution in [0.1, 0.15) is 28.4 Å². The second-order valence-electron chi connectivity index (χ2n) is 3.31. The summed E-state index contributed by atoms with van der Waals surface area (Å²) in [5.74, 6) is -1.07. The van der Waals surface area contributed by atoms with E-state index < -0.39 is 34.8 Å². The Balaban J connectivity index is 3.43. The number of halogens is 6. The smallest absolute Gasteiger partial charge is 0.294 e. The van der Waals surface area contributed by atoms with Gasteiger partial charge in [-0.25, -0.2) is 0 Å². The summed E-state index contributed by atoms with van der Waals surface area (Å²) in [6, 6.07) is 0.778. The maximum absolute atomic E-state index is 12.4. The zero-order valence-electron chi connectivity index (χ0n) is 8.41. The van der Waals surface area contributed by atoms with Gasteiger partial charge in [0.25, 0.3) is 0 Å². The van der Waals surface area contributed by atoms with E-state index in [-0.39, 0.29) is 12.1 Å². The van der Waals surface area contributed by atoms with Gasteiger partial charge in [-0.15, -0.1) is 0 Å². The van der Waals surface area contributed by atoms with Crippen molar-refractivity contribution in [2.45, 2.75) is 19.3 Å². The molecule has 1 nitrogen and oxygen atoms in total. The van der Waals surface area contributed by atoms with Gasteiger partial charge in [0.15, 0.2) is 5.78 Å². The number of rotatable bonds is 1. The molecular formula is C10H6F6O. The summed E-state index contributed by atoms with van der Waals surface area (Å²) >= 11 is 0. The van der Waals surface area contributed by atoms with Gasteiger partial charge in [0, 0.05) is 5.56 Å². The molecular weight excluding hydrogens is 250 g/mol. The van der Waals surface area contributed by atoms with Crippen molar-refractivity contribution < 1.29 is 31.1 Å². The van der Waals surface area contributed by atoms with Crippen molar-refractivity contribution in [3.63, 3.8) is 0 Å². The average molecular weight is 256 g/mol. The van der Waals surface area contributed by atoms with Gasteiger partial charge in [0.2, 0.25) is 0 Å². The highest BCUT2D eigenvalue weighted by molar-refractivity contribution is 5.96. The van der Waals surface area contributed by atoms with Crippen molar-refractivity contribution in [2.75, 3.05) is 0 Å². The molecule has 17 heavy (non-hydrogen) atoms. The molecule has 0 atom stereocenters. The van der Waals surface area contributed by atoms with Crippen LogP contribution in [0.25, 0.3) is 0 Å². The molecule has 0 radical (unpaired) electrons. The third-order valence-corrected chi connectivity index (χ3v) is 2.03. The molecule has 0 saturated carbocycles. The van der Waals surface area contributed by atoms with E-state index in [1.54, 1.807) is 0 Å². The predicted octanol–water partition coefficient (Wildman–Crippen LogP) is 3.93. The predicted molar refractivity (Wildman–Crippen MR) is 46.5 cm³/mol. The summed E-state index contributed by atoms with van der Waals surface area (Å²) in [6.07, 6.45) is -9.64. The molecule has 0 aromatic heterocycles. The van der Waals surface area contributed by atoms with E-state index in [1.807, 2.05) is 0 Å². The summed E-state index contributed by atoms with van der Waals surface area (Å²) in [6.45, 7) is 0.782. The van der Waals surface area contributed by atoms with Crippen molar-refractivity contribution in [1.29, 1.82) is 0 Å². The first-order chi connectivity index (χ1) is 7.53. The Labute approximate surface area is 92.0 Å². The van der Waals surface area contributed by atoms with Gasteiger partial charge >= 0.3 is 12.4 Å². The van der Waals surface area contributed by atoms with E-state index in [1.165, 1.54) is 0 Å². The minimum absolute atomic E-state index is 0.213. The second-order valence-corrected chi connectivity index (χ2v) is 3.31. The number of carbonyl (C=O) groups is 1. The first-order valence-electron chi connectivity index (χ1n) is 4.33. The van der Waals surface area contributed by atoms with Gasteiger partial charge in [0.05, 0.1) is 11.1 Å². The van der Waals surface area contributed by atoms with Gasteiger partial charge in [-0.1, -0.05) is 0 Å². The van der Waals surface area contributed by atoms with E-state index in [0.717, 1.165) is 6.92 Å². The zero-order chi connectivity index (χ0) is 13.4. The van der Waals surface area contributed by atoms with E-state index in [2.05, 4.69) is 0 Å². The van der Waals surface area contributed by atoms with Crippen molar-refractivity contribution in [1.82, 2.24) is 0 Å². The van der Waals surface area contributed by atoms with Gasteiger partial charge in [-0.05, 0) is 25.1 Å². The number of alkyl halides is 6. The lowest BCUT2D eigenvalue weighted by molar-refractivity contribution is -0.141. The molecule has 1 rings (SSSR count). The van der Waals surface area contributed by atoms with Crippen LogP contribution in [0.15, 0.2) is 18.2 Å². The molecule has 0 saturated heterocycles. The largest absolute Gasteiger partial charge is 0.417 e. The Bertz CT molecular complexity index is 443. The standard InChI is InChI=1S/C10H6F6O/c1-5(17)7-4-6(9(11,12)13)2-3-8(7)10(14,15)16/h2-4H,1H3. The lowest BCUT2D eigenvalue weighted by Crippen LogP contribution is -2.14. The van der Waals surface area contributed by atoms with Crippen LogP contribution in [0.5, 0.6) is 0 Å². The Morgan fingerprint density at radius 3 is 1.88 bits per heavy atom. The monoisotopic (exact) mass is 256 g/mol. The van der Waals surface area contributed by atoms with E-state index in [4.69, 9.17) is 0 Å². The fraction of sp³-hybridized carbons (Fsp3) is 0.300. The lowest BCUT2D eigenvalue weighted by atomic mass is 10.0. The average Bonchev–Trinajstić information content (AvgIpc) is 2.14. The number of Topliss-reactive ketones (excluding diaryl/α,β-unsaturated/α-hetero) is 1. The van der Waals surface area contributed by atoms with Crippen LogP contribution in [0, 0.1) is 0 Å². The fourth-order valence-corrected chi connectivity index (χ4v) is 1.26. The third-order valence-electron chi connectivity index (χ3n) is 2.03. The Kier molecular flexibility index (Phi) is 3.22. The summed E-state index contributed by atoms with van der Waals surface area (Å²) in [5.41, 5.74) is -3.62. The molecule has 0 N–H and O–H groups in total. The molecule has 0 aliphatic rings. The first kappa shape index (κ1) is 13.5. The molecule has 0 aliphatic heterocycles. The van der Waals surface area contributed by atoms with Crippen molar-refractivity contribution in [2.24, 2.45) is 0 Å². The van der Waals surface area contributed by atoms with Gasteiger partial charge in [-0.2, -0.15) is 26.3 Å². The van der Waals surface area contributed by atoms with E-state index in [0.29, 0.717) is 6.07 Å². The van der Waals surface area contributed by atoms with Crippen LogP contribution in [-0.2, 0) is 12.4 Å². The number of hydrogen-bond acceptors (Lipinski definition) is 1. The van der Waals surface area contributed by atoms with Crippen LogP contribution in [-0.4, -0.2) is 5.78 Å². The highest BCUT2D eigenvalue weighted by Crippen LogP contribution is 2.36. The Hall–Kier alpha value is -1.53. The Morgan fingerprint density at radius 2 is 1.53 bits per heavy atom. The quantitative estimate of drug-likeness (QED) is 0.549. The van der Waals surface area contributed by atoms with Crippen molar-refractivity contribution >= 4 is 5.78 Å². The Morgan fingerprint density at radius 1 is 1.00 bits per heavy atom. The molecule has 0 amide bonds. The van der Waals surface area contributed by atoms with Gasteiger partial charge in [0.1, 0.15) is 0 Å². The first-order valence-corrected chi connectivity index (χ1v) is 4.33. The summed E-state index contributed by atoms with van der Waals surface area (Å²) in [4.78, 5) is 10.9. The highest BCUT2D eigenvalue weighted by Gasteiger charge is 2.37. The molecule has 0 fully saturated rings. The van der Waals surface area contributed by atoms with Crippen LogP contribution >= 0.6 is 0 Å². The number of hydrogen-bond donors (Lipinski definition) is 0. The third kappa shape index (κ3) is 2.98. The summed E-state index contributed by atoms with van der Waals surface area (Å²) in [5, 5.41) is 0. The fourth-order valence-electron chi connectivity index (χ4n) is 1.26. The molecule has 0 bridgehead atoms. The molecule has 7 heteroatoms. The van der Waals surface area contributed by atoms with Gasteiger partial charge in [-0.3, -0.25) is 4.79 Å². The summed E-state index contributed by atoms with van der Waals surface area (Å²) < 4.78 is 74.0. The van der Waals surface area contributed by atoms with Gasteiger partial charge < -0.3 is 0 Å². The second kappa shape index (κ2) is 4.05. The van der Waals surface area contributed by atoms with Crippen LogP contribution in [0.3, 0.4) is 0 Å². The SMILES string of the molecule is CC(=O)c1cc(C(F)(F)F)ccc1C(F)(F)F. The topological polar surface area (TPSA) is 17.1 Å². The van der Waals surface area contributed by atoms with Crippen LogP contribution in [0.2, 0.25) is 0 Å². The molecule has 1 aromatic rings. The number of ketones is 1. The van der Waals surface area contributed by atoms with Crippen LogP contribution in [0.4, 0.5) is 26.3 Å². The minimum Gasteiger partial charge on any atom is -0.294 e. The maximum atomic E-state index is 12.4. The number of carbonyl (C=O) groups excluding carboxylic acids is 1. The molecule has 0 unspecified atom stereocenters. The maximum Gasteiger partial charge on any atom is 0.417 e. The normalized spacial score (nSPS) is 12.6. The molecule has 94 valence electrons. The number of benzene rings is 1. The van der Waals surface area contributed by atoms with E-state index >= 15 is 0 Å². The van der Waals surface area contributed by atoms with Crippen molar-refractivity contribution in [3.05, 3.63) is 34.9 Å². The zero-order valence-corrected chi connectivity index (χ0v) is 8.41. The van der Waals surface area contributed by atoms with E-state index in [9.17, 15) is 31.1 Å². The molecule has 0 aliphatic carbocycles.